The summed E-state index contributed by atoms with van der Waals surface area (Å²) in [5.41, 5.74) is 1.21. The van der Waals surface area contributed by atoms with Crippen molar-refractivity contribution >= 4 is 11.8 Å². The van der Waals surface area contributed by atoms with Crippen LogP contribution in [0.2, 0.25) is 0 Å². The van der Waals surface area contributed by atoms with E-state index in [9.17, 15) is 14.9 Å². The molecule has 0 aromatic heterocycles. The van der Waals surface area contributed by atoms with Crippen LogP contribution in [0, 0.1) is 10.1 Å². The van der Waals surface area contributed by atoms with Crippen LogP contribution in [0.25, 0.3) is 0 Å². The number of rotatable bonds is 8. The average molecular weight is 266 g/mol. The molecule has 2 N–H and O–H groups in total. The number of benzene rings is 1. The van der Waals surface area contributed by atoms with Gasteiger partial charge < -0.3 is 10.4 Å². The Hall–Kier alpha value is -2.11. The van der Waals surface area contributed by atoms with E-state index >= 15 is 0 Å². The smallest absolute Gasteiger partial charge is 0.404 e. The Morgan fingerprint density at radius 3 is 2.37 bits per heavy atom. The number of nitro benzene ring substituents is 1. The van der Waals surface area contributed by atoms with Crippen LogP contribution in [0.1, 0.15) is 31.2 Å². The van der Waals surface area contributed by atoms with Crippen molar-refractivity contribution in [3.63, 3.8) is 0 Å². The molecule has 19 heavy (non-hydrogen) atoms. The molecular formula is C13H18N2O4. The fourth-order valence-electron chi connectivity index (χ4n) is 1.79. The topological polar surface area (TPSA) is 92.5 Å². The van der Waals surface area contributed by atoms with Crippen LogP contribution in [-0.2, 0) is 6.42 Å². The number of nitrogens with zero attached hydrogens (tertiary/aromatic N) is 1. The van der Waals surface area contributed by atoms with Crippen molar-refractivity contribution in [2.24, 2.45) is 0 Å². The van der Waals surface area contributed by atoms with Gasteiger partial charge in [-0.2, -0.15) is 0 Å². The van der Waals surface area contributed by atoms with Crippen molar-refractivity contribution in [2.75, 3.05) is 6.54 Å². The van der Waals surface area contributed by atoms with Gasteiger partial charge >= 0.3 is 6.09 Å². The van der Waals surface area contributed by atoms with Crippen LogP contribution in [0.5, 0.6) is 0 Å². The molecule has 104 valence electrons. The second-order valence-corrected chi connectivity index (χ2v) is 4.32. The van der Waals surface area contributed by atoms with E-state index in [-0.39, 0.29) is 5.69 Å². The summed E-state index contributed by atoms with van der Waals surface area (Å²) >= 11 is 0. The highest BCUT2D eigenvalue weighted by molar-refractivity contribution is 5.64. The molecule has 0 saturated carbocycles. The maximum Gasteiger partial charge on any atom is 0.404 e. The molecule has 0 saturated heterocycles. The van der Waals surface area contributed by atoms with Crippen LogP contribution in [0.4, 0.5) is 10.5 Å². The summed E-state index contributed by atoms with van der Waals surface area (Å²) in [6.45, 7) is 0.493. The van der Waals surface area contributed by atoms with E-state index in [2.05, 4.69) is 5.32 Å². The Morgan fingerprint density at radius 1 is 1.16 bits per heavy atom. The summed E-state index contributed by atoms with van der Waals surface area (Å²) in [6.07, 6.45) is 3.76. The van der Waals surface area contributed by atoms with Crippen LogP contribution in [0.15, 0.2) is 24.3 Å². The minimum Gasteiger partial charge on any atom is -0.465 e. The first-order valence-corrected chi connectivity index (χ1v) is 6.29. The zero-order valence-corrected chi connectivity index (χ0v) is 10.7. The van der Waals surface area contributed by atoms with Crippen LogP contribution in [0.3, 0.4) is 0 Å². The molecule has 0 aliphatic heterocycles. The molecule has 1 rings (SSSR count). The number of unbranched alkanes of at least 4 members (excludes halogenated alkanes) is 3. The lowest BCUT2D eigenvalue weighted by Crippen LogP contribution is -2.21. The Labute approximate surface area is 111 Å². The van der Waals surface area contributed by atoms with Crippen molar-refractivity contribution in [3.05, 3.63) is 39.9 Å². The van der Waals surface area contributed by atoms with Crippen molar-refractivity contribution in [3.8, 4) is 0 Å². The Morgan fingerprint density at radius 2 is 1.79 bits per heavy atom. The third-order valence-electron chi connectivity index (χ3n) is 2.82. The van der Waals surface area contributed by atoms with E-state index in [1.54, 1.807) is 12.1 Å². The number of amides is 1. The van der Waals surface area contributed by atoms with Gasteiger partial charge in [0.25, 0.3) is 5.69 Å². The van der Waals surface area contributed by atoms with Gasteiger partial charge in [0.15, 0.2) is 0 Å². The second kappa shape index (κ2) is 8.07. The zero-order chi connectivity index (χ0) is 14.1. The summed E-state index contributed by atoms with van der Waals surface area (Å²) in [5.74, 6) is 0. The van der Waals surface area contributed by atoms with Crippen molar-refractivity contribution in [1.82, 2.24) is 5.32 Å². The van der Waals surface area contributed by atoms with Gasteiger partial charge in [0, 0.05) is 18.7 Å². The highest BCUT2D eigenvalue weighted by Gasteiger charge is 2.03. The quantitative estimate of drug-likeness (QED) is 0.430. The molecule has 0 radical (unpaired) electrons. The van der Waals surface area contributed by atoms with Gasteiger partial charge in [-0.05, 0) is 24.8 Å². The number of nitrogens with one attached hydrogen (secondary N) is 1. The first-order valence-electron chi connectivity index (χ1n) is 6.29. The standard InChI is InChI=1S/C13H18N2O4/c16-13(17)14-10-4-2-1-3-5-11-6-8-12(9-7-11)15(18)19/h6-9,14H,1-5,10H2,(H,16,17). The number of hydrogen-bond donors (Lipinski definition) is 2. The van der Waals surface area contributed by atoms with E-state index in [1.807, 2.05) is 0 Å². The fourth-order valence-corrected chi connectivity index (χ4v) is 1.79. The molecule has 1 aromatic rings. The minimum absolute atomic E-state index is 0.114. The first kappa shape index (κ1) is 14.9. The summed E-state index contributed by atoms with van der Waals surface area (Å²) in [6, 6.07) is 6.60. The number of aryl methyl sites for hydroxylation is 1. The molecule has 0 spiro atoms. The van der Waals surface area contributed by atoms with Gasteiger partial charge in [0.05, 0.1) is 4.92 Å². The van der Waals surface area contributed by atoms with Gasteiger partial charge in [-0.25, -0.2) is 4.79 Å². The molecule has 1 amide bonds. The SMILES string of the molecule is O=C(O)NCCCCCCc1ccc([N+](=O)[O-])cc1. The molecule has 0 aliphatic carbocycles. The Balaban J connectivity index is 2.12. The summed E-state index contributed by atoms with van der Waals surface area (Å²) in [7, 11) is 0. The van der Waals surface area contributed by atoms with Gasteiger partial charge in [-0.3, -0.25) is 10.1 Å². The van der Waals surface area contributed by atoms with Gasteiger partial charge in [0.1, 0.15) is 0 Å². The predicted octanol–water partition coefficient (Wildman–Crippen LogP) is 2.97. The number of carboxylic acid groups (broad SMARTS) is 1. The molecule has 1 aromatic carbocycles. The lowest BCUT2D eigenvalue weighted by atomic mass is 10.1. The summed E-state index contributed by atoms with van der Waals surface area (Å²) in [5, 5.41) is 21.2. The molecule has 6 heteroatoms. The lowest BCUT2D eigenvalue weighted by Gasteiger charge is -2.02. The van der Waals surface area contributed by atoms with E-state index in [4.69, 9.17) is 5.11 Å². The molecule has 0 fully saturated rings. The largest absolute Gasteiger partial charge is 0.465 e. The number of nitro groups is 1. The third kappa shape index (κ3) is 6.40. The maximum absolute atomic E-state index is 10.5. The average Bonchev–Trinajstić information content (AvgIpc) is 2.38. The highest BCUT2D eigenvalue weighted by Crippen LogP contribution is 2.14. The first-order chi connectivity index (χ1) is 9.09. The highest BCUT2D eigenvalue weighted by atomic mass is 16.6. The van der Waals surface area contributed by atoms with Crippen LogP contribution >= 0.6 is 0 Å². The Kier molecular flexibility index (Phi) is 6.35. The van der Waals surface area contributed by atoms with Crippen molar-refractivity contribution in [2.45, 2.75) is 32.1 Å². The van der Waals surface area contributed by atoms with E-state index in [1.165, 1.54) is 12.1 Å². The van der Waals surface area contributed by atoms with E-state index in [0.29, 0.717) is 6.54 Å². The summed E-state index contributed by atoms with van der Waals surface area (Å²) in [4.78, 5) is 20.3. The second-order valence-electron chi connectivity index (χ2n) is 4.32. The summed E-state index contributed by atoms with van der Waals surface area (Å²) < 4.78 is 0. The van der Waals surface area contributed by atoms with Gasteiger partial charge in [-0.15, -0.1) is 0 Å². The molecule has 0 atom stereocenters. The van der Waals surface area contributed by atoms with Crippen LogP contribution < -0.4 is 5.32 Å². The zero-order valence-electron chi connectivity index (χ0n) is 10.7. The minimum atomic E-state index is -0.981. The van der Waals surface area contributed by atoms with E-state index in [0.717, 1.165) is 37.7 Å². The van der Waals surface area contributed by atoms with Gasteiger partial charge in [0.2, 0.25) is 0 Å². The van der Waals surface area contributed by atoms with Crippen molar-refractivity contribution in [1.29, 1.82) is 0 Å². The molecule has 0 aliphatic rings. The normalized spacial score (nSPS) is 10.1. The molecule has 0 bridgehead atoms. The lowest BCUT2D eigenvalue weighted by molar-refractivity contribution is -0.384. The molecule has 6 nitrogen and oxygen atoms in total. The maximum atomic E-state index is 10.5. The fraction of sp³-hybridized carbons (Fsp3) is 0.462. The molecule has 0 heterocycles. The number of non-ortho nitro benzene ring substituents is 1. The number of carbonyl (C=O) groups is 1. The van der Waals surface area contributed by atoms with E-state index < -0.39 is 11.0 Å². The Bertz CT molecular complexity index is 417. The monoisotopic (exact) mass is 266 g/mol. The molecular weight excluding hydrogens is 248 g/mol. The predicted molar refractivity (Wildman–Crippen MR) is 71.3 cm³/mol. The number of hydrogen-bond acceptors (Lipinski definition) is 3. The van der Waals surface area contributed by atoms with Crippen LogP contribution in [-0.4, -0.2) is 22.7 Å². The third-order valence-corrected chi connectivity index (χ3v) is 2.82. The van der Waals surface area contributed by atoms with Gasteiger partial charge in [-0.1, -0.05) is 25.0 Å². The molecule has 0 unspecified atom stereocenters. The van der Waals surface area contributed by atoms with Crippen molar-refractivity contribution < 1.29 is 14.8 Å².